The minimum atomic E-state index is -0.512. The summed E-state index contributed by atoms with van der Waals surface area (Å²) in [4.78, 5) is 25.5. The molecule has 2 aromatic carbocycles. The van der Waals surface area contributed by atoms with Crippen molar-refractivity contribution in [3.63, 3.8) is 0 Å². The van der Waals surface area contributed by atoms with Crippen LogP contribution in [0.4, 0.5) is 5.13 Å². The summed E-state index contributed by atoms with van der Waals surface area (Å²) in [6.07, 6.45) is 3.10. The number of amides is 1. The Bertz CT molecular complexity index is 1360. The third kappa shape index (κ3) is 5.35. The van der Waals surface area contributed by atoms with Crippen molar-refractivity contribution in [3.8, 4) is 5.75 Å². The molecule has 2 aliphatic heterocycles. The fourth-order valence-electron chi connectivity index (χ4n) is 4.68. The molecule has 1 amide bonds. The summed E-state index contributed by atoms with van der Waals surface area (Å²) in [6, 6.07) is 15.4. The summed E-state index contributed by atoms with van der Waals surface area (Å²) in [5, 5.41) is 22.7. The van der Waals surface area contributed by atoms with Crippen LogP contribution >= 0.6 is 22.7 Å². The molecule has 0 spiro atoms. The van der Waals surface area contributed by atoms with Gasteiger partial charge in [0, 0.05) is 18.4 Å². The minimum Gasteiger partial charge on any atom is -0.492 e. The average Bonchev–Trinajstić information content (AvgIpc) is 3.73. The Labute approximate surface area is 227 Å². The number of aromatic nitrogens is 4. The maximum absolute atomic E-state index is 12.8. The van der Waals surface area contributed by atoms with E-state index in [1.54, 1.807) is 0 Å². The van der Waals surface area contributed by atoms with Gasteiger partial charge in [-0.2, -0.15) is 0 Å². The number of Topliss-reactive ketones (excluding diaryl/α,β-unsaturated/α-hetero) is 1. The molecule has 0 aliphatic carbocycles. The molecule has 11 heteroatoms. The van der Waals surface area contributed by atoms with E-state index in [0.29, 0.717) is 18.3 Å². The van der Waals surface area contributed by atoms with E-state index in [0.717, 1.165) is 63.1 Å². The highest BCUT2D eigenvalue weighted by Crippen LogP contribution is 2.35. The van der Waals surface area contributed by atoms with Crippen molar-refractivity contribution in [2.75, 3.05) is 11.9 Å². The fourth-order valence-corrected chi connectivity index (χ4v) is 6.36. The predicted molar refractivity (Wildman–Crippen MR) is 142 cm³/mol. The summed E-state index contributed by atoms with van der Waals surface area (Å²) in [5.74, 6) is 0.300. The highest BCUT2D eigenvalue weighted by atomic mass is 32.1. The van der Waals surface area contributed by atoms with Gasteiger partial charge in [-0.25, -0.2) is 0 Å². The van der Waals surface area contributed by atoms with Gasteiger partial charge < -0.3 is 9.47 Å². The number of carbonyl (C=O) groups is 2. The molecule has 38 heavy (non-hydrogen) atoms. The highest BCUT2D eigenvalue weighted by molar-refractivity contribution is 7.15. The van der Waals surface area contributed by atoms with Crippen molar-refractivity contribution in [3.05, 3.63) is 80.2 Å². The number of rotatable bonds is 10. The Morgan fingerprint density at radius 2 is 1.58 bits per heavy atom. The zero-order valence-electron chi connectivity index (χ0n) is 20.5. The first kappa shape index (κ1) is 24.8. The molecule has 0 saturated carbocycles. The lowest BCUT2D eigenvalue weighted by atomic mass is 10.0. The summed E-state index contributed by atoms with van der Waals surface area (Å²) in [5.41, 5.74) is 2.93. The van der Waals surface area contributed by atoms with Crippen LogP contribution in [0.1, 0.15) is 56.6 Å². The Balaban J connectivity index is 0.940. The largest absolute Gasteiger partial charge is 0.492 e. The molecular weight excluding hydrogens is 522 g/mol. The summed E-state index contributed by atoms with van der Waals surface area (Å²) in [7, 11) is 0. The normalized spacial score (nSPS) is 17.6. The Morgan fingerprint density at radius 1 is 0.868 bits per heavy atom. The monoisotopic (exact) mass is 547 g/mol. The molecule has 0 saturated heterocycles. The van der Waals surface area contributed by atoms with E-state index in [1.165, 1.54) is 22.7 Å². The molecule has 194 valence electrons. The van der Waals surface area contributed by atoms with Crippen LogP contribution in [0.15, 0.2) is 48.5 Å². The molecule has 6 rings (SSSR count). The molecule has 0 radical (unpaired) electrons. The van der Waals surface area contributed by atoms with E-state index in [9.17, 15) is 9.59 Å². The van der Waals surface area contributed by atoms with E-state index >= 15 is 0 Å². The van der Waals surface area contributed by atoms with Crippen LogP contribution in [0.2, 0.25) is 0 Å². The van der Waals surface area contributed by atoms with Gasteiger partial charge in [-0.05, 0) is 30.0 Å². The van der Waals surface area contributed by atoms with Crippen LogP contribution < -0.4 is 10.1 Å². The van der Waals surface area contributed by atoms with Crippen molar-refractivity contribution in [1.29, 1.82) is 0 Å². The second-order valence-electron chi connectivity index (χ2n) is 9.22. The molecule has 2 aliphatic rings. The number of hydrogen-bond donors (Lipinski definition) is 1. The van der Waals surface area contributed by atoms with Crippen molar-refractivity contribution in [1.82, 2.24) is 20.4 Å². The molecule has 9 nitrogen and oxygen atoms in total. The first-order valence-corrected chi connectivity index (χ1v) is 14.2. The predicted octanol–water partition coefficient (Wildman–Crippen LogP) is 4.45. The van der Waals surface area contributed by atoms with Crippen LogP contribution in [0.3, 0.4) is 0 Å². The van der Waals surface area contributed by atoms with Crippen LogP contribution in [-0.4, -0.2) is 38.7 Å². The number of fused-ring (bicyclic) bond motifs is 2. The molecule has 2 unspecified atom stereocenters. The average molecular weight is 548 g/mol. The van der Waals surface area contributed by atoms with E-state index in [2.05, 4.69) is 25.7 Å². The molecule has 4 aromatic rings. The third-order valence-corrected chi connectivity index (χ3v) is 8.50. The van der Waals surface area contributed by atoms with E-state index < -0.39 is 6.10 Å². The van der Waals surface area contributed by atoms with Crippen LogP contribution in [0.25, 0.3) is 0 Å². The first-order chi connectivity index (χ1) is 18.6. The van der Waals surface area contributed by atoms with Crippen molar-refractivity contribution >= 4 is 39.5 Å². The van der Waals surface area contributed by atoms with Crippen molar-refractivity contribution in [2.45, 2.75) is 50.7 Å². The smallest absolute Gasteiger partial charge is 0.237 e. The number of anilines is 1. The van der Waals surface area contributed by atoms with Gasteiger partial charge >= 0.3 is 0 Å². The summed E-state index contributed by atoms with van der Waals surface area (Å²) < 4.78 is 11.3. The number of unbranched alkanes of at least 4 members (excludes halogenated alkanes) is 1. The van der Waals surface area contributed by atoms with Gasteiger partial charge in [0.05, 0.1) is 13.0 Å². The number of benzene rings is 2. The Morgan fingerprint density at radius 3 is 2.45 bits per heavy atom. The number of ether oxygens (including phenoxy) is 2. The fraction of sp³-hybridized carbons (Fsp3) is 0.333. The number of ketones is 1. The Hall–Kier alpha value is -3.54. The quantitative estimate of drug-likeness (QED) is 0.290. The minimum absolute atomic E-state index is 0.0153. The zero-order valence-corrected chi connectivity index (χ0v) is 22.1. The second kappa shape index (κ2) is 11.1. The molecule has 2 aromatic heterocycles. The van der Waals surface area contributed by atoms with Gasteiger partial charge in [0.1, 0.15) is 39.4 Å². The Kier molecular flexibility index (Phi) is 7.21. The summed E-state index contributed by atoms with van der Waals surface area (Å²) in [6.45, 7) is 0.807. The van der Waals surface area contributed by atoms with Gasteiger partial charge in [-0.15, -0.1) is 31.7 Å². The van der Waals surface area contributed by atoms with Gasteiger partial charge in [-0.1, -0.05) is 53.8 Å². The van der Waals surface area contributed by atoms with E-state index in [1.807, 2.05) is 48.5 Å². The maximum Gasteiger partial charge on any atom is 0.237 e. The van der Waals surface area contributed by atoms with Gasteiger partial charge in [0.15, 0.2) is 5.78 Å². The number of nitrogens with zero attached hydrogens (tertiary/aromatic N) is 4. The molecule has 0 bridgehead atoms. The topological polar surface area (TPSA) is 116 Å². The number of para-hydroxylation sites is 1. The number of nitrogens with one attached hydrogen (secondary N) is 1. The molecule has 0 fully saturated rings. The maximum atomic E-state index is 12.8. The van der Waals surface area contributed by atoms with Gasteiger partial charge in [-0.3, -0.25) is 14.9 Å². The number of aryl methyl sites for hydroxylation is 2. The summed E-state index contributed by atoms with van der Waals surface area (Å²) >= 11 is 2.88. The van der Waals surface area contributed by atoms with Crippen LogP contribution in [-0.2, 0) is 40.2 Å². The SMILES string of the molecule is O=C(Nc1nnc(CCCCc2nnc(CC(=O)C3OCc4ccccc43)s2)s1)C1COc2ccccc21. The van der Waals surface area contributed by atoms with E-state index in [-0.39, 0.29) is 24.0 Å². The molecule has 4 heterocycles. The van der Waals surface area contributed by atoms with Gasteiger partial charge in [0.2, 0.25) is 11.0 Å². The molecular formula is C27H25N5O4S2. The number of carbonyl (C=O) groups excluding carboxylic acids is 2. The van der Waals surface area contributed by atoms with Crippen LogP contribution in [0, 0.1) is 0 Å². The zero-order chi connectivity index (χ0) is 25.9. The molecule has 2 atom stereocenters. The van der Waals surface area contributed by atoms with Crippen LogP contribution in [0.5, 0.6) is 5.75 Å². The lowest BCUT2D eigenvalue weighted by Gasteiger charge is -2.08. The number of hydrogen-bond acceptors (Lipinski definition) is 10. The molecule has 1 N–H and O–H groups in total. The van der Waals surface area contributed by atoms with Crippen molar-refractivity contribution in [2.24, 2.45) is 0 Å². The van der Waals surface area contributed by atoms with Crippen molar-refractivity contribution < 1.29 is 19.1 Å². The van der Waals surface area contributed by atoms with E-state index in [4.69, 9.17) is 9.47 Å². The second-order valence-corrected chi connectivity index (χ2v) is 11.4. The van der Waals surface area contributed by atoms with Gasteiger partial charge in [0.25, 0.3) is 0 Å². The highest BCUT2D eigenvalue weighted by Gasteiger charge is 2.31. The third-order valence-electron chi connectivity index (χ3n) is 6.61. The standard InChI is InChI=1S/C27H25N5O4S2/c33-20(25-17-8-2-1-7-16(17)14-36-25)13-24-31-29-22(37-24)11-5-6-12-23-30-32-27(38-23)28-26(34)19-15-35-21-10-4-3-9-18(19)21/h1-4,7-10,19,25H,5-6,11-15H2,(H,28,32,34). The lowest BCUT2D eigenvalue weighted by molar-refractivity contribution is -0.129. The first-order valence-electron chi connectivity index (χ1n) is 12.5. The lowest BCUT2D eigenvalue weighted by Crippen LogP contribution is -2.22.